The highest BCUT2D eigenvalue weighted by molar-refractivity contribution is 6.30. The Morgan fingerprint density at radius 2 is 2.00 bits per heavy atom. The van der Waals surface area contributed by atoms with Crippen LogP contribution in [0.4, 0.5) is 0 Å². The second-order valence-corrected chi connectivity index (χ2v) is 6.76. The van der Waals surface area contributed by atoms with Crippen LogP contribution in [0.2, 0.25) is 5.02 Å². The molecule has 1 amide bonds. The zero-order valence-corrected chi connectivity index (χ0v) is 13.4. The quantitative estimate of drug-likeness (QED) is 0.930. The molecule has 5 heteroatoms. The van der Waals surface area contributed by atoms with Crippen LogP contribution in [0.5, 0.6) is 0 Å². The van der Waals surface area contributed by atoms with Gasteiger partial charge in [-0.1, -0.05) is 36.6 Å². The Kier molecular flexibility index (Phi) is 4.71. The Morgan fingerprint density at radius 3 is 2.68 bits per heavy atom. The molecule has 1 spiro atoms. The van der Waals surface area contributed by atoms with E-state index in [1.807, 2.05) is 4.90 Å². The van der Waals surface area contributed by atoms with Gasteiger partial charge >= 0.3 is 0 Å². The van der Waals surface area contributed by atoms with E-state index in [0.717, 1.165) is 18.4 Å². The molecule has 1 atom stereocenters. The number of aliphatic hydroxyl groups excluding tert-OH is 1. The number of morpholine rings is 1. The van der Waals surface area contributed by atoms with Crippen LogP contribution in [0.25, 0.3) is 0 Å². The van der Waals surface area contributed by atoms with Crippen molar-refractivity contribution in [2.75, 3.05) is 19.7 Å². The Balaban J connectivity index is 1.60. The molecule has 120 valence electrons. The van der Waals surface area contributed by atoms with Crippen molar-refractivity contribution in [3.63, 3.8) is 0 Å². The van der Waals surface area contributed by atoms with Crippen molar-refractivity contribution in [2.45, 2.75) is 43.8 Å². The van der Waals surface area contributed by atoms with Gasteiger partial charge in [0.1, 0.15) is 0 Å². The maximum absolute atomic E-state index is 12.5. The lowest BCUT2D eigenvalue weighted by Crippen LogP contribution is -2.52. The zero-order valence-electron chi connectivity index (χ0n) is 12.6. The maximum Gasteiger partial charge on any atom is 0.225 e. The molecule has 1 N–H and O–H groups in total. The molecule has 2 fully saturated rings. The zero-order chi connectivity index (χ0) is 15.6. The molecule has 1 aromatic carbocycles. The van der Waals surface area contributed by atoms with Gasteiger partial charge in [-0.3, -0.25) is 4.79 Å². The number of benzene rings is 1. The highest BCUT2D eigenvalue weighted by Crippen LogP contribution is 2.36. The topological polar surface area (TPSA) is 49.8 Å². The first kappa shape index (κ1) is 15.8. The summed E-state index contributed by atoms with van der Waals surface area (Å²) in [5.41, 5.74) is 0.598. The van der Waals surface area contributed by atoms with Crippen LogP contribution in [0.3, 0.4) is 0 Å². The monoisotopic (exact) mass is 323 g/mol. The second kappa shape index (κ2) is 6.57. The molecule has 1 unspecified atom stereocenters. The number of nitrogens with zero attached hydrogens (tertiary/aromatic N) is 1. The molecule has 22 heavy (non-hydrogen) atoms. The van der Waals surface area contributed by atoms with Crippen molar-refractivity contribution in [3.8, 4) is 0 Å². The molecule has 1 saturated heterocycles. The average Bonchev–Trinajstić information content (AvgIpc) is 2.95. The summed E-state index contributed by atoms with van der Waals surface area (Å²) in [6.45, 7) is 1.88. The maximum atomic E-state index is 12.5. The molecule has 3 rings (SSSR count). The summed E-state index contributed by atoms with van der Waals surface area (Å²) in [6.07, 6.45) is 3.75. The van der Waals surface area contributed by atoms with Crippen LogP contribution >= 0.6 is 11.6 Å². The number of halogens is 1. The van der Waals surface area contributed by atoms with E-state index in [2.05, 4.69) is 0 Å². The number of amides is 1. The van der Waals surface area contributed by atoms with Gasteiger partial charge in [0.15, 0.2) is 0 Å². The molecule has 1 heterocycles. The fourth-order valence-corrected chi connectivity index (χ4v) is 3.60. The van der Waals surface area contributed by atoms with E-state index in [9.17, 15) is 9.90 Å². The Hall–Kier alpha value is -1.10. The summed E-state index contributed by atoms with van der Waals surface area (Å²) < 4.78 is 5.94. The van der Waals surface area contributed by atoms with E-state index >= 15 is 0 Å². The fraction of sp³-hybridized carbons (Fsp3) is 0.588. The summed E-state index contributed by atoms with van der Waals surface area (Å²) >= 11 is 5.84. The van der Waals surface area contributed by atoms with Crippen molar-refractivity contribution in [2.24, 2.45) is 0 Å². The number of carbonyl (C=O) groups is 1. The van der Waals surface area contributed by atoms with Gasteiger partial charge in [-0.15, -0.1) is 0 Å². The Labute approximate surface area is 136 Å². The first-order valence-electron chi connectivity index (χ1n) is 7.93. The third kappa shape index (κ3) is 3.45. The lowest BCUT2D eigenvalue weighted by molar-refractivity contribution is -0.151. The van der Waals surface area contributed by atoms with E-state index in [1.165, 1.54) is 12.8 Å². The molecule has 1 saturated carbocycles. The van der Waals surface area contributed by atoms with Gasteiger partial charge in [0.25, 0.3) is 0 Å². The normalized spacial score (nSPS) is 22.0. The van der Waals surface area contributed by atoms with Crippen molar-refractivity contribution in [1.82, 2.24) is 4.90 Å². The minimum Gasteiger partial charge on any atom is -0.388 e. The highest BCUT2D eigenvalue weighted by atomic mass is 35.5. The lowest BCUT2D eigenvalue weighted by atomic mass is 9.99. The predicted octanol–water partition coefficient (Wildman–Crippen LogP) is 2.94. The molecule has 2 aliphatic rings. The summed E-state index contributed by atoms with van der Waals surface area (Å²) in [4.78, 5) is 14.3. The number of rotatable bonds is 3. The molecular weight excluding hydrogens is 302 g/mol. The molecule has 4 nitrogen and oxygen atoms in total. The third-order valence-corrected chi connectivity index (χ3v) is 4.99. The Morgan fingerprint density at radius 1 is 1.32 bits per heavy atom. The first-order chi connectivity index (χ1) is 10.6. The minimum absolute atomic E-state index is 0.00275. The largest absolute Gasteiger partial charge is 0.388 e. The summed E-state index contributed by atoms with van der Waals surface area (Å²) in [7, 11) is 0. The molecule has 0 aromatic heterocycles. The second-order valence-electron chi connectivity index (χ2n) is 6.33. The minimum atomic E-state index is -0.785. The molecule has 1 aliphatic carbocycles. The number of hydrogen-bond donors (Lipinski definition) is 1. The van der Waals surface area contributed by atoms with E-state index in [0.29, 0.717) is 24.7 Å². The van der Waals surface area contributed by atoms with Crippen molar-refractivity contribution >= 4 is 17.5 Å². The number of ether oxygens (including phenoxy) is 1. The van der Waals surface area contributed by atoms with E-state index < -0.39 is 6.10 Å². The first-order valence-corrected chi connectivity index (χ1v) is 8.31. The van der Waals surface area contributed by atoms with E-state index in [-0.39, 0.29) is 17.9 Å². The SMILES string of the molecule is O=C(CC(O)c1ccc(Cl)cc1)N1CCOC2(CCCC2)C1. The van der Waals surface area contributed by atoms with Crippen molar-refractivity contribution < 1.29 is 14.6 Å². The molecule has 0 bridgehead atoms. The summed E-state index contributed by atoms with van der Waals surface area (Å²) in [5.74, 6) is -0.00275. The highest BCUT2D eigenvalue weighted by Gasteiger charge is 2.40. The van der Waals surface area contributed by atoms with E-state index in [4.69, 9.17) is 16.3 Å². The molecule has 0 radical (unpaired) electrons. The van der Waals surface area contributed by atoms with Gasteiger partial charge < -0.3 is 14.7 Å². The van der Waals surface area contributed by atoms with Gasteiger partial charge in [-0.05, 0) is 30.5 Å². The third-order valence-electron chi connectivity index (χ3n) is 4.74. The summed E-state index contributed by atoms with van der Waals surface area (Å²) in [5, 5.41) is 10.9. The van der Waals surface area contributed by atoms with Crippen LogP contribution in [0.1, 0.15) is 43.8 Å². The van der Waals surface area contributed by atoms with Crippen molar-refractivity contribution in [3.05, 3.63) is 34.9 Å². The molecule has 1 aromatic rings. The van der Waals surface area contributed by atoms with Gasteiger partial charge in [0, 0.05) is 18.1 Å². The summed E-state index contributed by atoms with van der Waals surface area (Å²) in [6, 6.07) is 6.98. The van der Waals surface area contributed by atoms with Crippen molar-refractivity contribution in [1.29, 1.82) is 0 Å². The van der Waals surface area contributed by atoms with Crippen LogP contribution < -0.4 is 0 Å². The predicted molar refractivity (Wildman–Crippen MR) is 84.8 cm³/mol. The van der Waals surface area contributed by atoms with Crippen LogP contribution in [-0.2, 0) is 9.53 Å². The lowest BCUT2D eigenvalue weighted by Gasteiger charge is -2.40. The van der Waals surface area contributed by atoms with Gasteiger partial charge in [0.2, 0.25) is 5.91 Å². The fourth-order valence-electron chi connectivity index (χ4n) is 3.48. The number of carbonyl (C=O) groups excluding carboxylic acids is 1. The molecule has 1 aliphatic heterocycles. The van der Waals surface area contributed by atoms with Crippen LogP contribution in [-0.4, -0.2) is 41.2 Å². The number of aliphatic hydroxyl groups is 1. The average molecular weight is 324 g/mol. The van der Waals surface area contributed by atoms with Gasteiger partial charge in [-0.2, -0.15) is 0 Å². The van der Waals surface area contributed by atoms with Gasteiger partial charge in [0.05, 0.1) is 24.7 Å². The van der Waals surface area contributed by atoms with Crippen LogP contribution in [0, 0.1) is 0 Å². The van der Waals surface area contributed by atoms with Gasteiger partial charge in [-0.25, -0.2) is 0 Å². The number of hydrogen-bond acceptors (Lipinski definition) is 3. The van der Waals surface area contributed by atoms with Crippen LogP contribution in [0.15, 0.2) is 24.3 Å². The van der Waals surface area contributed by atoms with E-state index in [1.54, 1.807) is 24.3 Å². The Bertz CT molecular complexity index is 525. The molecular formula is C17H22ClNO3. The smallest absolute Gasteiger partial charge is 0.225 e. The standard InChI is InChI=1S/C17H22ClNO3/c18-14-5-3-13(4-6-14)15(20)11-16(21)19-9-10-22-17(12-19)7-1-2-8-17/h3-6,15,20H,1-2,7-12H2.